The fraction of sp³-hybridized carbons (Fsp3) is 0.400. The summed E-state index contributed by atoms with van der Waals surface area (Å²) in [6.45, 7) is 0. The quantitative estimate of drug-likeness (QED) is 0.612. The van der Waals surface area contributed by atoms with Gasteiger partial charge in [0.05, 0.1) is 11.8 Å². The SMILES string of the molecule is CS(=O)(=O)CCC(NN)c1c(F)cccc1F. The Hall–Kier alpha value is -1.05. The zero-order valence-electron chi connectivity index (χ0n) is 9.28. The van der Waals surface area contributed by atoms with Crippen molar-refractivity contribution in [2.24, 2.45) is 5.84 Å². The molecule has 3 N–H and O–H groups in total. The van der Waals surface area contributed by atoms with E-state index >= 15 is 0 Å². The second-order valence-electron chi connectivity index (χ2n) is 3.77. The number of sulfone groups is 1. The summed E-state index contributed by atoms with van der Waals surface area (Å²) in [5.74, 6) is 3.50. The van der Waals surface area contributed by atoms with E-state index < -0.39 is 27.5 Å². The third kappa shape index (κ3) is 4.03. The lowest BCUT2D eigenvalue weighted by molar-refractivity contribution is 0.465. The summed E-state index contributed by atoms with van der Waals surface area (Å²) in [4.78, 5) is 0. The predicted molar refractivity (Wildman–Crippen MR) is 60.7 cm³/mol. The first-order valence-electron chi connectivity index (χ1n) is 4.93. The van der Waals surface area contributed by atoms with Crippen molar-refractivity contribution >= 4 is 9.84 Å². The van der Waals surface area contributed by atoms with Crippen molar-refractivity contribution in [1.82, 2.24) is 5.43 Å². The van der Waals surface area contributed by atoms with Gasteiger partial charge in [-0.05, 0) is 18.6 Å². The standard InChI is InChI=1S/C10H14F2N2O2S/c1-17(15,16)6-5-9(14-13)10-7(11)3-2-4-8(10)12/h2-4,9,14H,5-6,13H2,1H3. The zero-order chi connectivity index (χ0) is 13.1. The van der Waals surface area contributed by atoms with E-state index in [1.165, 1.54) is 6.07 Å². The summed E-state index contributed by atoms with van der Waals surface area (Å²) in [6, 6.07) is 2.57. The average Bonchev–Trinajstić information content (AvgIpc) is 2.21. The number of halogens is 2. The van der Waals surface area contributed by atoms with Crippen molar-refractivity contribution < 1.29 is 17.2 Å². The highest BCUT2D eigenvalue weighted by Gasteiger charge is 2.20. The molecule has 0 radical (unpaired) electrons. The van der Waals surface area contributed by atoms with E-state index in [1.54, 1.807) is 0 Å². The van der Waals surface area contributed by atoms with Crippen molar-refractivity contribution in [3.8, 4) is 0 Å². The number of benzene rings is 1. The van der Waals surface area contributed by atoms with E-state index in [9.17, 15) is 17.2 Å². The van der Waals surface area contributed by atoms with Crippen LogP contribution in [0.1, 0.15) is 18.0 Å². The second-order valence-corrected chi connectivity index (χ2v) is 6.03. The maximum Gasteiger partial charge on any atom is 0.147 e. The van der Waals surface area contributed by atoms with Crippen LogP contribution in [0.5, 0.6) is 0 Å². The number of nitrogens with one attached hydrogen (secondary N) is 1. The van der Waals surface area contributed by atoms with E-state index in [0.717, 1.165) is 18.4 Å². The van der Waals surface area contributed by atoms with Crippen LogP contribution in [-0.4, -0.2) is 20.4 Å². The van der Waals surface area contributed by atoms with Crippen LogP contribution in [0.2, 0.25) is 0 Å². The number of hydrogen-bond acceptors (Lipinski definition) is 4. The molecule has 4 nitrogen and oxygen atoms in total. The average molecular weight is 264 g/mol. The third-order valence-corrected chi connectivity index (χ3v) is 3.30. The molecule has 0 spiro atoms. The molecule has 1 aromatic carbocycles. The summed E-state index contributed by atoms with van der Waals surface area (Å²) in [5, 5.41) is 0. The monoisotopic (exact) mass is 264 g/mol. The van der Waals surface area contributed by atoms with Gasteiger partial charge < -0.3 is 0 Å². The van der Waals surface area contributed by atoms with Crippen molar-refractivity contribution in [2.75, 3.05) is 12.0 Å². The van der Waals surface area contributed by atoms with Crippen LogP contribution < -0.4 is 11.3 Å². The van der Waals surface area contributed by atoms with E-state index in [4.69, 9.17) is 5.84 Å². The van der Waals surface area contributed by atoms with Gasteiger partial charge >= 0.3 is 0 Å². The number of rotatable bonds is 5. The predicted octanol–water partition coefficient (Wildman–Crippen LogP) is 0.904. The van der Waals surface area contributed by atoms with Crippen molar-refractivity contribution in [2.45, 2.75) is 12.5 Å². The normalized spacial score (nSPS) is 13.6. The van der Waals surface area contributed by atoms with Crippen LogP contribution in [-0.2, 0) is 9.84 Å². The van der Waals surface area contributed by atoms with E-state index in [0.29, 0.717) is 0 Å². The summed E-state index contributed by atoms with van der Waals surface area (Å²) >= 11 is 0. The molecule has 0 aliphatic carbocycles. The van der Waals surface area contributed by atoms with E-state index in [-0.39, 0.29) is 17.7 Å². The Kier molecular flexibility index (Phi) is 4.55. The van der Waals surface area contributed by atoms with Crippen LogP contribution in [0.25, 0.3) is 0 Å². The fourth-order valence-electron chi connectivity index (χ4n) is 1.49. The largest absolute Gasteiger partial charge is 0.271 e. The maximum atomic E-state index is 13.4. The number of nitrogens with two attached hydrogens (primary N) is 1. The minimum absolute atomic E-state index is 0.00713. The molecule has 17 heavy (non-hydrogen) atoms. The van der Waals surface area contributed by atoms with Crippen molar-refractivity contribution in [3.63, 3.8) is 0 Å². The highest BCUT2D eigenvalue weighted by molar-refractivity contribution is 7.90. The molecule has 1 aromatic rings. The van der Waals surface area contributed by atoms with Crippen LogP contribution in [0.4, 0.5) is 8.78 Å². The van der Waals surface area contributed by atoms with Gasteiger partial charge in [-0.15, -0.1) is 0 Å². The summed E-state index contributed by atoms with van der Waals surface area (Å²) in [5.41, 5.74) is 1.99. The molecule has 0 amide bonds. The molecule has 0 aromatic heterocycles. The lowest BCUT2D eigenvalue weighted by Crippen LogP contribution is -2.31. The summed E-state index contributed by atoms with van der Waals surface area (Å²) < 4.78 is 48.8. The first-order chi connectivity index (χ1) is 7.85. The van der Waals surface area contributed by atoms with Gasteiger partial charge in [-0.25, -0.2) is 17.2 Å². The minimum Gasteiger partial charge on any atom is -0.271 e. The molecule has 1 rings (SSSR count). The Morgan fingerprint density at radius 2 is 1.88 bits per heavy atom. The van der Waals surface area contributed by atoms with Crippen LogP contribution in [0.15, 0.2) is 18.2 Å². The first-order valence-corrected chi connectivity index (χ1v) is 6.99. The van der Waals surface area contributed by atoms with Gasteiger partial charge in [0.25, 0.3) is 0 Å². The number of hydrazine groups is 1. The Morgan fingerprint density at radius 3 is 2.29 bits per heavy atom. The van der Waals surface area contributed by atoms with Crippen molar-refractivity contribution in [3.05, 3.63) is 35.4 Å². The lowest BCUT2D eigenvalue weighted by Gasteiger charge is -2.17. The zero-order valence-corrected chi connectivity index (χ0v) is 10.1. The number of hydrogen-bond donors (Lipinski definition) is 2. The maximum absolute atomic E-state index is 13.4. The summed E-state index contributed by atoms with van der Waals surface area (Å²) in [6.07, 6.45) is 1.06. The second kappa shape index (κ2) is 5.52. The van der Waals surface area contributed by atoms with Gasteiger partial charge in [-0.2, -0.15) is 0 Å². The molecule has 0 aliphatic heterocycles. The Morgan fingerprint density at radius 1 is 1.35 bits per heavy atom. The smallest absolute Gasteiger partial charge is 0.147 e. The molecule has 0 saturated carbocycles. The van der Waals surface area contributed by atoms with Gasteiger partial charge in [-0.1, -0.05) is 6.07 Å². The van der Waals surface area contributed by atoms with Crippen molar-refractivity contribution in [1.29, 1.82) is 0 Å². The van der Waals surface area contributed by atoms with Crippen LogP contribution in [0.3, 0.4) is 0 Å². The molecular weight excluding hydrogens is 250 g/mol. The Bertz CT molecular complexity index is 471. The first kappa shape index (κ1) is 14.0. The molecule has 0 bridgehead atoms. The molecule has 0 fully saturated rings. The van der Waals surface area contributed by atoms with Gasteiger partial charge in [0, 0.05) is 11.8 Å². The fourth-order valence-corrected chi connectivity index (χ4v) is 2.15. The molecule has 0 saturated heterocycles. The Labute approximate surface area is 98.7 Å². The third-order valence-electron chi connectivity index (χ3n) is 2.33. The minimum atomic E-state index is -3.20. The van der Waals surface area contributed by atoms with Gasteiger partial charge in [0.2, 0.25) is 0 Å². The van der Waals surface area contributed by atoms with Gasteiger partial charge in [0.1, 0.15) is 21.5 Å². The topological polar surface area (TPSA) is 72.2 Å². The van der Waals surface area contributed by atoms with E-state index in [1.807, 2.05) is 0 Å². The van der Waals surface area contributed by atoms with Crippen LogP contribution >= 0.6 is 0 Å². The molecule has 7 heteroatoms. The lowest BCUT2D eigenvalue weighted by atomic mass is 10.0. The molecule has 1 atom stereocenters. The molecule has 0 aliphatic rings. The highest BCUT2D eigenvalue weighted by Crippen LogP contribution is 2.23. The molecular formula is C10H14F2N2O2S. The molecule has 96 valence electrons. The van der Waals surface area contributed by atoms with Gasteiger partial charge in [0.15, 0.2) is 0 Å². The summed E-state index contributed by atoms with van der Waals surface area (Å²) in [7, 11) is -3.20. The Balaban J connectivity index is 2.94. The van der Waals surface area contributed by atoms with Crippen LogP contribution in [0, 0.1) is 11.6 Å². The highest BCUT2D eigenvalue weighted by atomic mass is 32.2. The molecule has 1 unspecified atom stereocenters. The molecule has 0 heterocycles. The van der Waals surface area contributed by atoms with Gasteiger partial charge in [-0.3, -0.25) is 11.3 Å². The van der Waals surface area contributed by atoms with E-state index in [2.05, 4.69) is 5.43 Å².